The number of hydrogen-bond acceptors (Lipinski definition) is 3. The molecule has 8 aromatic rings. The van der Waals surface area contributed by atoms with E-state index in [1.165, 1.54) is 5.56 Å². The van der Waals surface area contributed by atoms with Crippen LogP contribution >= 0.6 is 0 Å². The standard InChI is InChI=1S/C44H34N3O.Pt/c1-44(2,3)34-21-23-35(24-22-34)47-39-19-10-18-37(36-17-7-8-20-40(36)48)42(39)46-43(47)32-15-9-14-30(26-32)38-28-33(29-12-5-4-6-13-29)27-31-16-11-25-45-41(31)38;/h4-25,27-28,48H,1-3H3;/q-1;. The number of pyridine rings is 1. The molecule has 0 radical (unpaired) electrons. The zero-order valence-electron chi connectivity index (χ0n) is 27.5. The first-order chi connectivity index (χ1) is 23.3. The summed E-state index contributed by atoms with van der Waals surface area (Å²) in [5.41, 5.74) is 11.7. The summed E-state index contributed by atoms with van der Waals surface area (Å²) in [6.07, 6.45) is 1.85. The number of rotatable bonds is 5. The van der Waals surface area contributed by atoms with E-state index >= 15 is 0 Å². The molecule has 0 atom stereocenters. The number of aromatic nitrogens is 3. The molecule has 0 spiro atoms. The Balaban J connectivity index is 0.00000378. The Morgan fingerprint density at radius 3 is 2.10 bits per heavy atom. The van der Waals surface area contributed by atoms with Crippen molar-refractivity contribution in [1.82, 2.24) is 14.5 Å². The molecule has 0 aliphatic heterocycles. The van der Waals surface area contributed by atoms with Crippen molar-refractivity contribution in [3.63, 3.8) is 0 Å². The average molecular weight is 816 g/mol. The van der Waals surface area contributed by atoms with Crippen LogP contribution in [0.3, 0.4) is 0 Å². The van der Waals surface area contributed by atoms with Crippen molar-refractivity contribution in [3.05, 3.63) is 157 Å². The molecule has 2 aromatic heterocycles. The van der Waals surface area contributed by atoms with Crippen LogP contribution < -0.4 is 0 Å². The zero-order chi connectivity index (χ0) is 32.8. The van der Waals surface area contributed by atoms with Gasteiger partial charge in [-0.3, -0.25) is 9.97 Å². The third-order valence-corrected chi connectivity index (χ3v) is 9.01. The molecule has 49 heavy (non-hydrogen) atoms. The van der Waals surface area contributed by atoms with Crippen LogP contribution in [0.25, 0.3) is 72.4 Å². The van der Waals surface area contributed by atoms with E-state index in [1.54, 1.807) is 6.07 Å². The molecule has 0 aliphatic rings. The van der Waals surface area contributed by atoms with Crippen LogP contribution in [0.2, 0.25) is 0 Å². The number of para-hydroxylation sites is 2. The predicted octanol–water partition coefficient (Wildman–Crippen LogP) is 11.0. The van der Waals surface area contributed by atoms with E-state index in [9.17, 15) is 5.11 Å². The topological polar surface area (TPSA) is 50.9 Å². The number of nitrogens with zero attached hydrogens (tertiary/aromatic N) is 3. The molecule has 1 N–H and O–H groups in total. The van der Waals surface area contributed by atoms with Crippen LogP contribution in [0.15, 0.2) is 146 Å². The van der Waals surface area contributed by atoms with Gasteiger partial charge in [0.05, 0.1) is 16.9 Å². The van der Waals surface area contributed by atoms with Crippen LogP contribution in [0.5, 0.6) is 5.75 Å². The van der Waals surface area contributed by atoms with Crippen LogP contribution in [-0.4, -0.2) is 19.6 Å². The van der Waals surface area contributed by atoms with Gasteiger partial charge in [0.15, 0.2) is 0 Å². The van der Waals surface area contributed by atoms with Gasteiger partial charge in [-0.05, 0) is 63.9 Å². The molecule has 2 heterocycles. The normalized spacial score (nSPS) is 11.5. The van der Waals surface area contributed by atoms with Crippen molar-refractivity contribution in [2.24, 2.45) is 0 Å². The summed E-state index contributed by atoms with van der Waals surface area (Å²) in [5.74, 6) is 0.997. The number of phenols is 1. The van der Waals surface area contributed by atoms with Crippen molar-refractivity contribution in [2.75, 3.05) is 0 Å². The largest absolute Gasteiger partial charge is 0.507 e. The fourth-order valence-electron chi connectivity index (χ4n) is 6.52. The summed E-state index contributed by atoms with van der Waals surface area (Å²) >= 11 is 0. The van der Waals surface area contributed by atoms with Gasteiger partial charge in [0.1, 0.15) is 5.75 Å². The van der Waals surface area contributed by atoms with Gasteiger partial charge >= 0.3 is 0 Å². The summed E-state index contributed by atoms with van der Waals surface area (Å²) in [7, 11) is 0. The molecule has 0 saturated carbocycles. The Bertz CT molecular complexity index is 2440. The van der Waals surface area contributed by atoms with E-state index in [1.807, 2.05) is 48.7 Å². The molecule has 4 nitrogen and oxygen atoms in total. The molecule has 0 unspecified atom stereocenters. The first-order valence-electron chi connectivity index (χ1n) is 16.2. The number of imidazole rings is 1. The Hall–Kier alpha value is -5.31. The van der Waals surface area contributed by atoms with Crippen LogP contribution in [0, 0.1) is 6.07 Å². The number of aromatic hydroxyl groups is 1. The van der Waals surface area contributed by atoms with Gasteiger partial charge in [-0.15, -0.1) is 29.8 Å². The molecule has 8 rings (SSSR count). The second-order valence-corrected chi connectivity index (χ2v) is 13.2. The quantitative estimate of drug-likeness (QED) is 0.176. The zero-order valence-corrected chi connectivity index (χ0v) is 29.7. The van der Waals surface area contributed by atoms with Crippen molar-refractivity contribution in [1.29, 1.82) is 0 Å². The van der Waals surface area contributed by atoms with Crippen molar-refractivity contribution in [2.45, 2.75) is 26.2 Å². The van der Waals surface area contributed by atoms with Crippen LogP contribution in [0.4, 0.5) is 0 Å². The third-order valence-electron chi connectivity index (χ3n) is 9.01. The second-order valence-electron chi connectivity index (χ2n) is 13.2. The van der Waals surface area contributed by atoms with Gasteiger partial charge in [0.25, 0.3) is 0 Å². The maximum atomic E-state index is 10.8. The van der Waals surface area contributed by atoms with E-state index in [0.717, 1.165) is 72.4 Å². The molecule has 6 aromatic carbocycles. The van der Waals surface area contributed by atoms with Crippen molar-refractivity contribution >= 4 is 21.9 Å². The summed E-state index contributed by atoms with van der Waals surface area (Å²) in [4.78, 5) is 10.1. The monoisotopic (exact) mass is 815 g/mol. The Morgan fingerprint density at radius 1 is 0.612 bits per heavy atom. The van der Waals surface area contributed by atoms with E-state index in [2.05, 4.69) is 122 Å². The van der Waals surface area contributed by atoms with E-state index in [-0.39, 0.29) is 32.2 Å². The number of fused-ring (bicyclic) bond motifs is 2. The number of hydrogen-bond donors (Lipinski definition) is 1. The predicted molar refractivity (Wildman–Crippen MR) is 197 cm³/mol. The minimum absolute atomic E-state index is 0. The smallest absolute Gasteiger partial charge is 0.123 e. The van der Waals surface area contributed by atoms with E-state index in [0.29, 0.717) is 0 Å². The minimum atomic E-state index is 0. The van der Waals surface area contributed by atoms with Gasteiger partial charge in [-0.1, -0.05) is 117 Å². The minimum Gasteiger partial charge on any atom is -0.507 e. The Kier molecular flexibility index (Phi) is 8.52. The molecular weight excluding hydrogens is 782 g/mol. The first-order valence-corrected chi connectivity index (χ1v) is 16.2. The second kappa shape index (κ2) is 13.0. The van der Waals surface area contributed by atoms with Crippen LogP contribution in [-0.2, 0) is 26.5 Å². The molecule has 242 valence electrons. The summed E-state index contributed by atoms with van der Waals surface area (Å²) in [6, 6.07) is 51.3. The van der Waals surface area contributed by atoms with Crippen molar-refractivity contribution in [3.8, 4) is 56.2 Å². The number of benzene rings is 6. The molecule has 0 aliphatic carbocycles. The molecule has 0 bridgehead atoms. The van der Waals surface area contributed by atoms with Gasteiger partial charge in [-0.25, -0.2) is 0 Å². The maximum absolute atomic E-state index is 10.8. The molecule has 0 amide bonds. The summed E-state index contributed by atoms with van der Waals surface area (Å²) in [5, 5.41) is 11.9. The average Bonchev–Trinajstić information content (AvgIpc) is 3.52. The van der Waals surface area contributed by atoms with Gasteiger partial charge in [0.2, 0.25) is 0 Å². The number of phenolic OH excluding ortho intramolecular Hbond substituents is 1. The fourth-order valence-corrected chi connectivity index (χ4v) is 6.52. The Morgan fingerprint density at radius 2 is 1.33 bits per heavy atom. The third kappa shape index (κ3) is 5.98. The molecule has 0 saturated heterocycles. The van der Waals surface area contributed by atoms with Crippen molar-refractivity contribution < 1.29 is 26.2 Å². The molecule has 0 fully saturated rings. The first kappa shape index (κ1) is 32.2. The van der Waals surface area contributed by atoms with E-state index < -0.39 is 0 Å². The summed E-state index contributed by atoms with van der Waals surface area (Å²) < 4.78 is 2.21. The molecule has 5 heteroatoms. The maximum Gasteiger partial charge on any atom is 0.123 e. The summed E-state index contributed by atoms with van der Waals surface area (Å²) in [6.45, 7) is 6.68. The van der Waals surface area contributed by atoms with E-state index in [4.69, 9.17) is 9.97 Å². The van der Waals surface area contributed by atoms with Crippen LogP contribution in [0.1, 0.15) is 26.3 Å². The van der Waals surface area contributed by atoms with Gasteiger partial charge in [-0.2, -0.15) is 0 Å². The molecular formula is C44H34N3OPt-. The van der Waals surface area contributed by atoms with Gasteiger partial charge < -0.3 is 9.67 Å². The SMILES string of the molecule is CC(C)(C)c1ccc(-n2c(-c3[c-]c(-c4cc(-c5ccccc5)cc5cccnc45)ccc3)nc3c(-c4ccccc4O)cccc32)cc1.[Pt]. The fraction of sp³-hybridized carbons (Fsp3) is 0.0909. The van der Waals surface area contributed by atoms with Gasteiger partial charge in [0, 0.05) is 49.6 Å². The Labute approximate surface area is 301 Å².